The quantitative estimate of drug-likeness (QED) is 0.0777. The Morgan fingerprint density at radius 2 is 0.783 bits per heavy atom. The van der Waals surface area contributed by atoms with Crippen molar-refractivity contribution in [2.24, 2.45) is 0 Å². The molecule has 0 N–H and O–H groups in total. The van der Waals surface area contributed by atoms with Gasteiger partial charge in [0.15, 0.2) is 0 Å². The van der Waals surface area contributed by atoms with E-state index in [2.05, 4.69) is 20.4 Å². The fourth-order valence-corrected chi connectivity index (χ4v) is 8.49. The summed E-state index contributed by atoms with van der Waals surface area (Å²) in [6.45, 7) is 0. The topological polar surface area (TPSA) is 290 Å². The molecule has 0 saturated heterocycles. The largest absolute Gasteiger partial charge is 1.00 e. The van der Waals surface area contributed by atoms with Crippen LogP contribution in [0, 0.1) is 0 Å². The summed E-state index contributed by atoms with van der Waals surface area (Å²) in [5, 5.41) is 19.0. The van der Waals surface area contributed by atoms with Gasteiger partial charge in [-0.25, -0.2) is 33.7 Å². The Balaban J connectivity index is 0.00000198. The van der Waals surface area contributed by atoms with Crippen molar-refractivity contribution in [1.82, 2.24) is 30.0 Å². The first kappa shape index (κ1) is 50.7. The minimum Gasteiger partial charge on any atom is -0.744 e. The molecule has 26 heteroatoms. The van der Waals surface area contributed by atoms with Crippen LogP contribution >= 0.6 is 0 Å². The van der Waals surface area contributed by atoms with Gasteiger partial charge in [0.2, 0.25) is 0 Å². The summed E-state index contributed by atoms with van der Waals surface area (Å²) in [5.41, 5.74) is 0.927. The van der Waals surface area contributed by atoms with Crippen LogP contribution in [0.15, 0.2) is 117 Å². The minimum absolute atomic E-state index is 0. The minimum atomic E-state index is -5.17. The van der Waals surface area contributed by atoms with Gasteiger partial charge in [-0.05, 0) is 82.6 Å². The maximum absolute atomic E-state index is 12.4. The Morgan fingerprint density at radius 1 is 0.417 bits per heavy atom. The van der Waals surface area contributed by atoms with Gasteiger partial charge in [-0.3, -0.25) is 0 Å². The average molecular weight is 923 g/mol. The first-order chi connectivity index (χ1) is 26.2. The molecule has 8 rings (SSSR count). The summed E-state index contributed by atoms with van der Waals surface area (Å²) in [7, 11) is -19.8. The van der Waals surface area contributed by atoms with E-state index in [0.717, 1.165) is 46.0 Å². The van der Waals surface area contributed by atoms with E-state index < -0.39 is 60.1 Å². The standard InChI is InChI=1S/C34H22N6O12S4.4Na/c41-53(42,43)25-9-11-27-21(15-25)5-13-29-33(27)37-39(35-29)23-7-3-19(31(17-23)55(47,48)49)1-2-20-4-8-24(18-32(20)56(50,51)52)40-36-30-14-6-22-16-26(54(44,45)46)10-12-28(22)34(30)38-40;;;;/h1-18H,(H,41,42,43)(H,44,45,46)(H,47,48,49)(H,50,51,52);;;;/q;4*+1/p-4/b2-1+;;;;. The van der Waals surface area contributed by atoms with Crippen LogP contribution in [0.3, 0.4) is 0 Å². The van der Waals surface area contributed by atoms with E-state index in [1.807, 2.05) is 0 Å². The Kier molecular flexibility index (Phi) is 15.7. The summed E-state index contributed by atoms with van der Waals surface area (Å²) in [6.07, 6.45) is 2.26. The SMILES string of the molecule is O=S(=O)([O-])c1ccc2c(ccc3nn(-c4ccc(/C=C/c5ccc(-n6nc7ccc8cc(S(=O)(=O)[O-])ccc8c7n6)cc5S(=O)(=O)[O-])c(S(=O)(=O)[O-])c4)nc32)c1.[Na+].[Na+].[Na+].[Na+]. The van der Waals surface area contributed by atoms with Crippen molar-refractivity contribution in [2.45, 2.75) is 19.6 Å². The van der Waals surface area contributed by atoms with Crippen molar-refractivity contribution < 1.29 is 170 Å². The summed E-state index contributed by atoms with van der Waals surface area (Å²) >= 11 is 0. The zero-order valence-electron chi connectivity index (χ0n) is 31.6. The normalized spacial score (nSPS) is 12.3. The Bertz CT molecular complexity index is 3280. The molecule has 0 aliphatic carbocycles. The molecule has 8 aromatic rings. The van der Waals surface area contributed by atoms with E-state index in [-0.39, 0.29) is 152 Å². The van der Waals surface area contributed by atoms with Crippen molar-refractivity contribution in [3.05, 3.63) is 108 Å². The second-order valence-electron chi connectivity index (χ2n) is 12.2. The Labute approximate surface area is 429 Å². The van der Waals surface area contributed by atoms with Crippen molar-refractivity contribution in [3.63, 3.8) is 0 Å². The molecule has 0 atom stereocenters. The summed E-state index contributed by atoms with van der Waals surface area (Å²) < 4.78 is 144. The third kappa shape index (κ3) is 10.2. The van der Waals surface area contributed by atoms with Crippen LogP contribution < -0.4 is 118 Å². The van der Waals surface area contributed by atoms with E-state index >= 15 is 0 Å². The van der Waals surface area contributed by atoms with Gasteiger partial charge >= 0.3 is 118 Å². The van der Waals surface area contributed by atoms with Gasteiger partial charge in [0.25, 0.3) is 0 Å². The molecule has 0 fully saturated rings. The number of rotatable bonds is 8. The monoisotopic (exact) mass is 922 g/mol. The van der Waals surface area contributed by atoms with Crippen LogP contribution in [0.25, 0.3) is 67.1 Å². The molecular formula is C34H18N6Na4O12S4. The number of fused-ring (bicyclic) bond motifs is 6. The van der Waals surface area contributed by atoms with Crippen LogP contribution in [-0.4, -0.2) is 81.9 Å². The van der Waals surface area contributed by atoms with Gasteiger partial charge in [0.05, 0.1) is 31.0 Å². The van der Waals surface area contributed by atoms with Gasteiger partial charge in [-0.15, -0.1) is 20.4 Å². The number of hydrogen-bond acceptors (Lipinski definition) is 16. The molecule has 0 aliphatic heterocycles. The average Bonchev–Trinajstić information content (AvgIpc) is 3.77. The zero-order chi connectivity index (χ0) is 39.9. The van der Waals surface area contributed by atoms with Crippen LogP contribution in [0.2, 0.25) is 0 Å². The fourth-order valence-electron chi connectivity index (χ4n) is 6.09. The number of aromatic nitrogens is 6. The number of nitrogens with zero attached hydrogens (tertiary/aromatic N) is 6. The van der Waals surface area contributed by atoms with E-state index in [1.165, 1.54) is 72.8 Å². The molecule has 0 radical (unpaired) electrons. The van der Waals surface area contributed by atoms with E-state index in [1.54, 1.807) is 0 Å². The van der Waals surface area contributed by atoms with Crippen LogP contribution in [0.4, 0.5) is 0 Å². The van der Waals surface area contributed by atoms with E-state index in [0.29, 0.717) is 32.6 Å². The summed E-state index contributed by atoms with van der Waals surface area (Å²) in [4.78, 5) is -0.249. The van der Waals surface area contributed by atoms with Crippen LogP contribution in [0.1, 0.15) is 11.1 Å². The first-order valence-corrected chi connectivity index (χ1v) is 21.3. The molecule has 2 heterocycles. The van der Waals surface area contributed by atoms with Crippen molar-refractivity contribution >= 4 is 96.2 Å². The molecule has 6 aromatic carbocycles. The van der Waals surface area contributed by atoms with Gasteiger partial charge in [-0.1, -0.05) is 48.6 Å². The van der Waals surface area contributed by atoms with E-state index in [9.17, 15) is 51.9 Å². The fraction of sp³-hybridized carbons (Fsp3) is 0. The molecule has 18 nitrogen and oxygen atoms in total. The molecule has 0 saturated carbocycles. The second kappa shape index (κ2) is 18.6. The van der Waals surface area contributed by atoms with Crippen LogP contribution in [0.5, 0.6) is 0 Å². The Morgan fingerprint density at radius 3 is 1.12 bits per heavy atom. The molecule has 284 valence electrons. The molecular weight excluding hydrogens is 905 g/mol. The predicted molar refractivity (Wildman–Crippen MR) is 194 cm³/mol. The molecule has 0 amide bonds. The maximum Gasteiger partial charge on any atom is 1.00 e. The molecule has 0 spiro atoms. The third-order valence-electron chi connectivity index (χ3n) is 8.69. The van der Waals surface area contributed by atoms with Crippen LogP contribution in [-0.2, 0) is 40.5 Å². The summed E-state index contributed by atoms with van der Waals surface area (Å²) in [6, 6.07) is 20.7. The molecule has 60 heavy (non-hydrogen) atoms. The molecule has 0 bridgehead atoms. The molecule has 0 aliphatic rings. The first-order valence-electron chi connectivity index (χ1n) is 15.6. The summed E-state index contributed by atoms with van der Waals surface area (Å²) in [5.74, 6) is 0. The van der Waals surface area contributed by atoms with Crippen molar-refractivity contribution in [1.29, 1.82) is 0 Å². The van der Waals surface area contributed by atoms with Gasteiger partial charge < -0.3 is 18.2 Å². The van der Waals surface area contributed by atoms with Crippen molar-refractivity contribution in [2.75, 3.05) is 0 Å². The second-order valence-corrected chi connectivity index (χ2v) is 17.7. The predicted octanol–water partition coefficient (Wildman–Crippen LogP) is -8.74. The van der Waals surface area contributed by atoms with E-state index in [4.69, 9.17) is 0 Å². The van der Waals surface area contributed by atoms with Gasteiger partial charge in [0.1, 0.15) is 62.5 Å². The third-order valence-corrected chi connectivity index (χ3v) is 12.1. The molecule has 0 unspecified atom stereocenters. The Hall–Kier alpha value is -1.98. The van der Waals surface area contributed by atoms with Crippen molar-refractivity contribution in [3.8, 4) is 11.4 Å². The van der Waals surface area contributed by atoms with Gasteiger partial charge in [0, 0.05) is 10.8 Å². The van der Waals surface area contributed by atoms with Gasteiger partial charge in [-0.2, -0.15) is 9.59 Å². The number of hydrogen-bond donors (Lipinski definition) is 0. The molecule has 2 aromatic heterocycles. The maximum atomic E-state index is 12.4. The number of benzene rings is 6. The smallest absolute Gasteiger partial charge is 0.744 e. The zero-order valence-corrected chi connectivity index (χ0v) is 42.9.